The minimum Gasteiger partial charge on any atom is -0.370 e. The zero-order chi connectivity index (χ0) is 20.9. The molecule has 170 valence electrons. The monoisotopic (exact) mass is 402 g/mol. The first-order valence-corrected chi connectivity index (χ1v) is 12.2. The molecule has 0 N–H and O–H groups in total. The Balaban J connectivity index is 5.08. The number of hydrogen-bond donors (Lipinski definition) is 0. The molecule has 0 saturated carbocycles. The maximum absolute atomic E-state index is 6.30. The van der Waals surface area contributed by atoms with Gasteiger partial charge in [0, 0.05) is 6.61 Å². The molecule has 0 aliphatic carbocycles. The van der Waals surface area contributed by atoms with E-state index in [-0.39, 0.29) is 6.10 Å². The van der Waals surface area contributed by atoms with Crippen molar-refractivity contribution in [2.24, 2.45) is 0 Å². The van der Waals surface area contributed by atoms with Gasteiger partial charge in [0.05, 0.1) is 19.8 Å². The highest BCUT2D eigenvalue weighted by atomic mass is 16.9. The summed E-state index contributed by atoms with van der Waals surface area (Å²) in [6.07, 6.45) is 14.6. The Kier molecular flexibility index (Phi) is 20.0. The number of hydrogen-bond acceptors (Lipinski definition) is 4. The molecule has 1 atom stereocenters. The lowest BCUT2D eigenvalue weighted by Gasteiger charge is -2.39. The first-order valence-electron chi connectivity index (χ1n) is 12.2. The van der Waals surface area contributed by atoms with Crippen molar-refractivity contribution < 1.29 is 18.9 Å². The van der Waals surface area contributed by atoms with Gasteiger partial charge in [-0.2, -0.15) is 0 Å². The fourth-order valence-electron chi connectivity index (χ4n) is 3.15. The van der Waals surface area contributed by atoms with Gasteiger partial charge in [0.2, 0.25) is 0 Å². The maximum Gasteiger partial charge on any atom is 0.310 e. The van der Waals surface area contributed by atoms with Crippen molar-refractivity contribution in [2.45, 2.75) is 130 Å². The van der Waals surface area contributed by atoms with Gasteiger partial charge in [0.25, 0.3) is 0 Å². The molecule has 0 aromatic carbocycles. The van der Waals surface area contributed by atoms with E-state index in [4.69, 9.17) is 18.9 Å². The average Bonchev–Trinajstić information content (AvgIpc) is 2.70. The first kappa shape index (κ1) is 27.8. The second-order valence-corrected chi connectivity index (χ2v) is 7.71. The minimum atomic E-state index is -1.06. The van der Waals surface area contributed by atoms with Gasteiger partial charge < -0.3 is 18.9 Å². The molecule has 0 amide bonds. The maximum atomic E-state index is 6.30. The molecule has 28 heavy (non-hydrogen) atoms. The van der Waals surface area contributed by atoms with E-state index in [0.717, 1.165) is 51.4 Å². The predicted molar refractivity (Wildman–Crippen MR) is 119 cm³/mol. The van der Waals surface area contributed by atoms with Crippen molar-refractivity contribution in [3.63, 3.8) is 0 Å². The normalized spacial score (nSPS) is 13.2. The van der Waals surface area contributed by atoms with Crippen LogP contribution < -0.4 is 0 Å². The van der Waals surface area contributed by atoms with Crippen LogP contribution in [0.25, 0.3) is 0 Å². The molecule has 4 nitrogen and oxygen atoms in total. The molecule has 0 aromatic rings. The molecule has 4 heteroatoms. The summed E-state index contributed by atoms with van der Waals surface area (Å²) in [5.41, 5.74) is 0. The van der Waals surface area contributed by atoms with Crippen LogP contribution in [0.15, 0.2) is 0 Å². The van der Waals surface area contributed by atoms with Gasteiger partial charge in [0.1, 0.15) is 6.10 Å². The van der Waals surface area contributed by atoms with E-state index >= 15 is 0 Å². The lowest BCUT2D eigenvalue weighted by Crippen LogP contribution is -2.52. The van der Waals surface area contributed by atoms with E-state index in [2.05, 4.69) is 27.7 Å². The molecule has 0 saturated heterocycles. The summed E-state index contributed by atoms with van der Waals surface area (Å²) in [6.45, 7) is 13.4. The lowest BCUT2D eigenvalue weighted by molar-refractivity contribution is -0.418. The molecule has 1 unspecified atom stereocenters. The minimum absolute atomic E-state index is 0.172. The van der Waals surface area contributed by atoms with Crippen LogP contribution >= 0.6 is 0 Å². The predicted octanol–water partition coefficient (Wildman–Crippen LogP) is 7.25. The molecule has 0 rings (SSSR count). The Bertz CT molecular complexity index is 282. The second kappa shape index (κ2) is 20.1. The van der Waals surface area contributed by atoms with Crippen molar-refractivity contribution in [3.8, 4) is 0 Å². The number of rotatable bonds is 22. The van der Waals surface area contributed by atoms with Crippen molar-refractivity contribution in [2.75, 3.05) is 26.4 Å². The zero-order valence-electron chi connectivity index (χ0n) is 19.7. The van der Waals surface area contributed by atoms with Crippen LogP contribution in [0.5, 0.6) is 0 Å². The highest BCUT2D eigenvalue weighted by molar-refractivity contribution is 4.74. The summed E-state index contributed by atoms with van der Waals surface area (Å²) < 4.78 is 25.1. The Labute approximate surface area is 176 Å². The van der Waals surface area contributed by atoms with Gasteiger partial charge in [-0.25, -0.2) is 0 Å². The molecule has 0 aliphatic heterocycles. The molecule has 0 aromatic heterocycles. The summed E-state index contributed by atoms with van der Waals surface area (Å²) in [7, 11) is 0. The highest BCUT2D eigenvalue weighted by Crippen LogP contribution is 2.29. The third-order valence-electron chi connectivity index (χ3n) is 4.99. The standard InChI is InChI=1S/C24H50O4/c1-6-11-15-16-17-18-19-23(25-10-5)24(26-20-12-7-2,27-21-13-8-3)28-22-14-9-4/h23H,6-22H2,1-5H3. The Morgan fingerprint density at radius 2 is 0.964 bits per heavy atom. The van der Waals surface area contributed by atoms with Crippen molar-refractivity contribution in [1.82, 2.24) is 0 Å². The van der Waals surface area contributed by atoms with Crippen LogP contribution in [0.2, 0.25) is 0 Å². The average molecular weight is 403 g/mol. The van der Waals surface area contributed by atoms with Gasteiger partial charge in [0.15, 0.2) is 0 Å². The Hall–Kier alpha value is -0.160. The van der Waals surface area contributed by atoms with Gasteiger partial charge in [-0.05, 0) is 32.6 Å². The zero-order valence-corrected chi connectivity index (χ0v) is 19.7. The molecule has 0 aliphatic rings. The van der Waals surface area contributed by atoms with Gasteiger partial charge in [-0.3, -0.25) is 0 Å². The van der Waals surface area contributed by atoms with E-state index in [9.17, 15) is 0 Å². The van der Waals surface area contributed by atoms with Crippen LogP contribution in [0.4, 0.5) is 0 Å². The third-order valence-corrected chi connectivity index (χ3v) is 4.99. The van der Waals surface area contributed by atoms with E-state index in [0.29, 0.717) is 26.4 Å². The van der Waals surface area contributed by atoms with E-state index in [1.165, 1.54) is 32.1 Å². The van der Waals surface area contributed by atoms with Crippen LogP contribution in [0, 0.1) is 0 Å². The van der Waals surface area contributed by atoms with Crippen molar-refractivity contribution in [1.29, 1.82) is 0 Å². The summed E-state index contributed by atoms with van der Waals surface area (Å²) in [6, 6.07) is 0. The van der Waals surface area contributed by atoms with Crippen LogP contribution in [-0.2, 0) is 18.9 Å². The number of ether oxygens (including phenoxy) is 4. The second-order valence-electron chi connectivity index (χ2n) is 7.71. The fraction of sp³-hybridized carbons (Fsp3) is 1.00. The summed E-state index contributed by atoms with van der Waals surface area (Å²) >= 11 is 0. The van der Waals surface area contributed by atoms with Crippen molar-refractivity contribution >= 4 is 0 Å². The van der Waals surface area contributed by atoms with Crippen LogP contribution in [-0.4, -0.2) is 38.5 Å². The van der Waals surface area contributed by atoms with E-state index in [1.54, 1.807) is 0 Å². The third kappa shape index (κ3) is 13.1. The van der Waals surface area contributed by atoms with Crippen LogP contribution in [0.3, 0.4) is 0 Å². The number of unbranched alkanes of at least 4 members (excludes halogenated alkanes) is 8. The van der Waals surface area contributed by atoms with Gasteiger partial charge in [-0.1, -0.05) is 85.5 Å². The fourth-order valence-corrected chi connectivity index (χ4v) is 3.15. The summed E-state index contributed by atoms with van der Waals surface area (Å²) in [5, 5.41) is 0. The largest absolute Gasteiger partial charge is 0.370 e. The van der Waals surface area contributed by atoms with Gasteiger partial charge >= 0.3 is 5.97 Å². The SMILES string of the molecule is CCCCCCCCC(OCC)C(OCCCC)(OCCCC)OCCCC. The molecular formula is C24H50O4. The topological polar surface area (TPSA) is 36.9 Å². The molecule has 0 spiro atoms. The quantitative estimate of drug-likeness (QED) is 0.141. The molecular weight excluding hydrogens is 352 g/mol. The molecule has 0 radical (unpaired) electrons. The van der Waals surface area contributed by atoms with E-state index < -0.39 is 5.97 Å². The van der Waals surface area contributed by atoms with Crippen molar-refractivity contribution in [3.05, 3.63) is 0 Å². The Morgan fingerprint density at radius 1 is 0.536 bits per heavy atom. The molecule has 0 heterocycles. The lowest BCUT2D eigenvalue weighted by atomic mass is 10.1. The summed E-state index contributed by atoms with van der Waals surface area (Å²) in [5.74, 6) is -1.06. The smallest absolute Gasteiger partial charge is 0.310 e. The highest BCUT2D eigenvalue weighted by Gasteiger charge is 2.43. The van der Waals surface area contributed by atoms with Crippen LogP contribution in [0.1, 0.15) is 118 Å². The van der Waals surface area contributed by atoms with Gasteiger partial charge in [-0.15, -0.1) is 0 Å². The first-order chi connectivity index (χ1) is 13.7. The Morgan fingerprint density at radius 3 is 1.39 bits per heavy atom. The van der Waals surface area contributed by atoms with E-state index in [1.807, 2.05) is 6.92 Å². The molecule has 0 fully saturated rings. The summed E-state index contributed by atoms with van der Waals surface area (Å²) in [4.78, 5) is 0. The molecule has 0 bridgehead atoms.